The molecule has 1 aromatic carbocycles. The van der Waals surface area contributed by atoms with Crippen molar-refractivity contribution in [3.8, 4) is 5.75 Å². The van der Waals surface area contributed by atoms with E-state index in [2.05, 4.69) is 28.8 Å². The van der Waals surface area contributed by atoms with Gasteiger partial charge in [0.15, 0.2) is 5.16 Å². The van der Waals surface area contributed by atoms with Crippen molar-refractivity contribution in [2.75, 3.05) is 17.7 Å². The predicted octanol–water partition coefficient (Wildman–Crippen LogP) is 3.31. The number of fused-ring (bicyclic) bond motifs is 1. The van der Waals surface area contributed by atoms with Gasteiger partial charge in [-0.2, -0.15) is 0 Å². The second-order valence-electron chi connectivity index (χ2n) is 5.92. The molecule has 0 saturated carbocycles. The van der Waals surface area contributed by atoms with Gasteiger partial charge in [0.05, 0.1) is 5.56 Å². The summed E-state index contributed by atoms with van der Waals surface area (Å²) in [7, 11) is 0. The summed E-state index contributed by atoms with van der Waals surface area (Å²) in [6.45, 7) is 6.07. The predicted molar refractivity (Wildman–Crippen MR) is 103 cm³/mol. The molecule has 3 rings (SSSR count). The Labute approximate surface area is 156 Å². The molecule has 1 atom stereocenters. The maximum absolute atomic E-state index is 12.7. The summed E-state index contributed by atoms with van der Waals surface area (Å²) in [5, 5.41) is 3.26. The first-order chi connectivity index (χ1) is 12.6. The SMILES string of the molecule is C=CCOc1ccccc1[C@@H]1CC(=O)Nc2nc(SCCC)[nH]c(=O)c21. The number of H-pyrrole nitrogens is 1. The second-order valence-corrected chi connectivity index (χ2v) is 7.01. The van der Waals surface area contributed by atoms with Crippen LogP contribution in [-0.2, 0) is 4.79 Å². The number of nitrogens with one attached hydrogen (secondary N) is 2. The molecule has 0 unspecified atom stereocenters. The van der Waals surface area contributed by atoms with Gasteiger partial charge in [-0.25, -0.2) is 4.98 Å². The fourth-order valence-electron chi connectivity index (χ4n) is 2.93. The van der Waals surface area contributed by atoms with E-state index in [1.54, 1.807) is 6.08 Å². The minimum atomic E-state index is -0.402. The lowest BCUT2D eigenvalue weighted by Gasteiger charge is -2.25. The Kier molecular flexibility index (Phi) is 5.78. The van der Waals surface area contributed by atoms with Crippen LogP contribution < -0.4 is 15.6 Å². The zero-order valence-electron chi connectivity index (χ0n) is 14.6. The average molecular weight is 371 g/mol. The third-order valence-electron chi connectivity index (χ3n) is 4.02. The summed E-state index contributed by atoms with van der Waals surface area (Å²) < 4.78 is 5.72. The molecular formula is C19H21N3O3S. The van der Waals surface area contributed by atoms with Crippen LogP contribution in [0.1, 0.15) is 36.8 Å². The van der Waals surface area contributed by atoms with Gasteiger partial charge in [-0.05, 0) is 12.5 Å². The number of hydrogen-bond acceptors (Lipinski definition) is 5. The number of hydrogen-bond donors (Lipinski definition) is 2. The maximum Gasteiger partial charge on any atom is 0.257 e. The number of amides is 1. The van der Waals surface area contributed by atoms with E-state index >= 15 is 0 Å². The van der Waals surface area contributed by atoms with Gasteiger partial charge in [0.2, 0.25) is 5.91 Å². The van der Waals surface area contributed by atoms with Crippen LogP contribution in [0.4, 0.5) is 5.82 Å². The van der Waals surface area contributed by atoms with Crippen molar-refractivity contribution in [2.24, 2.45) is 0 Å². The molecule has 1 amide bonds. The summed E-state index contributed by atoms with van der Waals surface area (Å²) in [4.78, 5) is 32.3. The first-order valence-electron chi connectivity index (χ1n) is 8.53. The lowest BCUT2D eigenvalue weighted by molar-refractivity contribution is -0.116. The van der Waals surface area contributed by atoms with Crippen molar-refractivity contribution >= 4 is 23.5 Å². The molecule has 0 radical (unpaired) electrons. The lowest BCUT2D eigenvalue weighted by atomic mass is 9.86. The largest absolute Gasteiger partial charge is 0.489 e. The van der Waals surface area contributed by atoms with Gasteiger partial charge in [-0.3, -0.25) is 9.59 Å². The molecule has 2 aromatic rings. The number of thioether (sulfide) groups is 1. The molecule has 0 spiro atoms. The van der Waals surface area contributed by atoms with Gasteiger partial charge in [0.25, 0.3) is 5.56 Å². The molecule has 1 aromatic heterocycles. The first kappa shape index (κ1) is 18.3. The zero-order valence-corrected chi connectivity index (χ0v) is 15.4. The number of benzene rings is 1. The minimum absolute atomic E-state index is 0.162. The molecule has 0 fully saturated rings. The Bertz CT molecular complexity index is 879. The van der Waals surface area contributed by atoms with E-state index in [0.29, 0.717) is 28.9 Å². The maximum atomic E-state index is 12.7. The van der Waals surface area contributed by atoms with Crippen molar-refractivity contribution in [1.29, 1.82) is 0 Å². The molecule has 2 N–H and O–H groups in total. The standard InChI is InChI=1S/C19H21N3O3S/c1-3-9-25-14-8-6-5-7-12(14)13-11-15(23)20-17-16(13)18(24)22-19(21-17)26-10-4-2/h3,5-8,13H,1,4,9-11H2,2H3,(H2,20,21,22,23,24)/t13-/m0/s1. The normalized spacial score (nSPS) is 15.9. The summed E-state index contributed by atoms with van der Waals surface area (Å²) >= 11 is 1.47. The third-order valence-corrected chi connectivity index (χ3v) is 5.10. The topological polar surface area (TPSA) is 84.1 Å². The van der Waals surface area contributed by atoms with Crippen LogP contribution in [-0.4, -0.2) is 28.2 Å². The number of carbonyl (C=O) groups is 1. The monoisotopic (exact) mass is 371 g/mol. The van der Waals surface area contributed by atoms with E-state index in [0.717, 1.165) is 17.7 Å². The Morgan fingerprint density at radius 3 is 2.96 bits per heavy atom. The Morgan fingerprint density at radius 1 is 1.38 bits per heavy atom. The Morgan fingerprint density at radius 2 is 2.19 bits per heavy atom. The molecule has 0 aliphatic carbocycles. The molecule has 2 heterocycles. The zero-order chi connectivity index (χ0) is 18.5. The number of aromatic nitrogens is 2. The number of carbonyl (C=O) groups excluding carboxylic acids is 1. The summed E-state index contributed by atoms with van der Waals surface area (Å²) in [6.07, 6.45) is 2.80. The fraction of sp³-hybridized carbons (Fsp3) is 0.316. The highest BCUT2D eigenvalue weighted by molar-refractivity contribution is 7.99. The number of rotatable bonds is 7. The fourth-order valence-corrected chi connectivity index (χ4v) is 3.65. The van der Waals surface area contributed by atoms with Crippen LogP contribution in [0, 0.1) is 0 Å². The molecule has 1 aliphatic heterocycles. The Hall–Kier alpha value is -2.54. The van der Waals surface area contributed by atoms with Crippen LogP contribution in [0.25, 0.3) is 0 Å². The quantitative estimate of drug-likeness (QED) is 0.443. The smallest absolute Gasteiger partial charge is 0.257 e. The van der Waals surface area contributed by atoms with Gasteiger partial charge in [0, 0.05) is 23.7 Å². The first-order valence-corrected chi connectivity index (χ1v) is 9.52. The number of anilines is 1. The van der Waals surface area contributed by atoms with Crippen LogP contribution in [0.2, 0.25) is 0 Å². The number of nitrogens with zero attached hydrogens (tertiary/aromatic N) is 1. The van der Waals surface area contributed by atoms with Gasteiger partial charge in [-0.15, -0.1) is 0 Å². The van der Waals surface area contributed by atoms with Crippen LogP contribution in [0.5, 0.6) is 5.75 Å². The highest BCUT2D eigenvalue weighted by Crippen LogP contribution is 2.38. The highest BCUT2D eigenvalue weighted by atomic mass is 32.2. The van der Waals surface area contributed by atoms with Crippen molar-refractivity contribution in [2.45, 2.75) is 30.8 Å². The van der Waals surface area contributed by atoms with Gasteiger partial charge >= 0.3 is 0 Å². The Balaban J connectivity index is 2.05. The molecular weight excluding hydrogens is 350 g/mol. The van der Waals surface area contributed by atoms with E-state index in [9.17, 15) is 9.59 Å². The molecule has 0 saturated heterocycles. The van der Waals surface area contributed by atoms with E-state index < -0.39 is 5.92 Å². The number of para-hydroxylation sites is 1. The van der Waals surface area contributed by atoms with Gasteiger partial charge in [-0.1, -0.05) is 49.5 Å². The third kappa shape index (κ3) is 3.83. The summed E-state index contributed by atoms with van der Waals surface area (Å²) in [5.74, 6) is 1.26. The molecule has 7 heteroatoms. The highest BCUT2D eigenvalue weighted by Gasteiger charge is 2.32. The van der Waals surface area contributed by atoms with E-state index in [1.807, 2.05) is 24.3 Å². The van der Waals surface area contributed by atoms with Gasteiger partial charge in [0.1, 0.15) is 18.2 Å². The van der Waals surface area contributed by atoms with E-state index in [-0.39, 0.29) is 17.9 Å². The minimum Gasteiger partial charge on any atom is -0.489 e. The van der Waals surface area contributed by atoms with Gasteiger partial charge < -0.3 is 15.0 Å². The summed E-state index contributed by atoms with van der Waals surface area (Å²) in [5.41, 5.74) is 1.05. The van der Waals surface area contributed by atoms with Crippen LogP contribution in [0.3, 0.4) is 0 Å². The van der Waals surface area contributed by atoms with Crippen molar-refractivity contribution < 1.29 is 9.53 Å². The van der Waals surface area contributed by atoms with E-state index in [4.69, 9.17) is 4.74 Å². The number of aromatic amines is 1. The van der Waals surface area contributed by atoms with E-state index in [1.165, 1.54) is 11.8 Å². The number of ether oxygens (including phenoxy) is 1. The average Bonchev–Trinajstić information content (AvgIpc) is 2.64. The molecule has 136 valence electrons. The van der Waals surface area contributed by atoms with Crippen molar-refractivity contribution in [1.82, 2.24) is 9.97 Å². The summed E-state index contributed by atoms with van der Waals surface area (Å²) in [6, 6.07) is 7.44. The molecule has 0 bridgehead atoms. The van der Waals surface area contributed by atoms with Crippen LogP contribution >= 0.6 is 11.8 Å². The second kappa shape index (κ2) is 8.23. The molecule has 26 heavy (non-hydrogen) atoms. The lowest BCUT2D eigenvalue weighted by Crippen LogP contribution is -2.31. The van der Waals surface area contributed by atoms with Crippen molar-refractivity contribution in [3.05, 3.63) is 58.4 Å². The molecule has 6 nitrogen and oxygen atoms in total. The molecule has 1 aliphatic rings. The van der Waals surface area contributed by atoms with Crippen LogP contribution in [0.15, 0.2) is 46.9 Å². The van der Waals surface area contributed by atoms with Crippen molar-refractivity contribution in [3.63, 3.8) is 0 Å².